The van der Waals surface area contributed by atoms with Gasteiger partial charge in [0.25, 0.3) is 0 Å². The monoisotopic (exact) mass is 229 g/mol. The maximum atomic E-state index is 11.3. The highest BCUT2D eigenvalue weighted by molar-refractivity contribution is 5.80. The minimum absolute atomic E-state index is 0.103. The van der Waals surface area contributed by atoms with E-state index in [9.17, 15) is 9.59 Å². The minimum atomic E-state index is -1.30. The first-order chi connectivity index (χ1) is 7.59. The topological polar surface area (TPSA) is 95.7 Å². The summed E-state index contributed by atoms with van der Waals surface area (Å²) in [4.78, 5) is 24.0. The highest BCUT2D eigenvalue weighted by Gasteiger charge is 2.14. The molecule has 0 radical (unpaired) electrons. The Hall–Kier alpha value is -1.14. The standard InChI is InChI=1S/C10H19N3O3/c11-10(16)8(14)7-12-9(15)3-6-13-4-1-2-5-13/h8,14H,1-7H2,(H2,11,16)(H,12,15). The number of nitrogens with zero attached hydrogens (tertiary/aromatic N) is 1. The zero-order valence-electron chi connectivity index (χ0n) is 9.32. The molecule has 0 aromatic heterocycles. The van der Waals surface area contributed by atoms with Crippen LogP contribution in [-0.4, -0.2) is 54.1 Å². The van der Waals surface area contributed by atoms with E-state index in [0.29, 0.717) is 6.42 Å². The maximum Gasteiger partial charge on any atom is 0.248 e. The third kappa shape index (κ3) is 4.59. The van der Waals surface area contributed by atoms with E-state index in [0.717, 1.165) is 19.6 Å². The van der Waals surface area contributed by atoms with Gasteiger partial charge in [0.1, 0.15) is 6.10 Å². The molecule has 0 aromatic carbocycles. The first-order valence-electron chi connectivity index (χ1n) is 5.56. The summed E-state index contributed by atoms with van der Waals surface area (Å²) in [5, 5.41) is 11.5. The summed E-state index contributed by atoms with van der Waals surface area (Å²) >= 11 is 0. The Kier molecular flexibility index (Phi) is 5.21. The van der Waals surface area contributed by atoms with E-state index in [1.165, 1.54) is 12.8 Å². The zero-order chi connectivity index (χ0) is 12.0. The molecule has 0 aliphatic carbocycles. The highest BCUT2D eigenvalue weighted by atomic mass is 16.3. The molecule has 0 bridgehead atoms. The molecule has 1 unspecified atom stereocenters. The van der Waals surface area contributed by atoms with E-state index in [2.05, 4.69) is 10.2 Å². The molecule has 0 aromatic rings. The number of hydrogen-bond acceptors (Lipinski definition) is 4. The summed E-state index contributed by atoms with van der Waals surface area (Å²) in [5.74, 6) is -0.980. The van der Waals surface area contributed by atoms with E-state index in [-0.39, 0.29) is 12.5 Å². The molecule has 1 heterocycles. The first kappa shape index (κ1) is 12.9. The second-order valence-electron chi connectivity index (χ2n) is 4.02. The fraction of sp³-hybridized carbons (Fsp3) is 0.800. The predicted octanol–water partition coefficient (Wildman–Crippen LogP) is -1.57. The quantitative estimate of drug-likeness (QED) is 0.513. The number of nitrogens with two attached hydrogens (primary N) is 1. The van der Waals surface area contributed by atoms with Gasteiger partial charge in [0.05, 0.1) is 6.54 Å². The summed E-state index contributed by atoms with van der Waals surface area (Å²) in [5.41, 5.74) is 4.85. The van der Waals surface area contributed by atoms with Crippen LogP contribution in [0.15, 0.2) is 0 Å². The summed E-state index contributed by atoms with van der Waals surface area (Å²) < 4.78 is 0. The van der Waals surface area contributed by atoms with Crippen molar-refractivity contribution in [2.75, 3.05) is 26.2 Å². The summed E-state index contributed by atoms with van der Waals surface area (Å²) in [6.45, 7) is 2.74. The van der Waals surface area contributed by atoms with Crippen LogP contribution < -0.4 is 11.1 Å². The molecular formula is C10H19N3O3. The third-order valence-electron chi connectivity index (χ3n) is 2.67. The molecule has 2 amide bonds. The van der Waals surface area contributed by atoms with E-state index in [1.54, 1.807) is 0 Å². The highest BCUT2D eigenvalue weighted by Crippen LogP contribution is 2.06. The first-order valence-corrected chi connectivity index (χ1v) is 5.56. The number of amides is 2. The van der Waals surface area contributed by atoms with Crippen molar-refractivity contribution in [2.24, 2.45) is 5.73 Å². The number of rotatable bonds is 6. The van der Waals surface area contributed by atoms with Crippen molar-refractivity contribution >= 4 is 11.8 Å². The molecule has 0 saturated carbocycles. The Bertz CT molecular complexity index is 252. The molecular weight excluding hydrogens is 210 g/mol. The largest absolute Gasteiger partial charge is 0.381 e. The van der Waals surface area contributed by atoms with Gasteiger partial charge >= 0.3 is 0 Å². The number of nitrogens with one attached hydrogen (secondary N) is 1. The van der Waals surface area contributed by atoms with Gasteiger partial charge in [-0.3, -0.25) is 9.59 Å². The van der Waals surface area contributed by atoms with Crippen LogP contribution in [-0.2, 0) is 9.59 Å². The van der Waals surface area contributed by atoms with Crippen molar-refractivity contribution < 1.29 is 14.7 Å². The van der Waals surface area contributed by atoms with Gasteiger partial charge in [-0.05, 0) is 25.9 Å². The fourth-order valence-electron chi connectivity index (χ4n) is 1.67. The number of carbonyl (C=O) groups is 2. The lowest BCUT2D eigenvalue weighted by Gasteiger charge is -2.14. The summed E-state index contributed by atoms with van der Waals surface area (Å²) in [6.07, 6.45) is 1.49. The predicted molar refractivity (Wildman–Crippen MR) is 58.5 cm³/mol. The maximum absolute atomic E-state index is 11.3. The third-order valence-corrected chi connectivity index (χ3v) is 2.67. The molecule has 6 nitrogen and oxygen atoms in total. The lowest BCUT2D eigenvalue weighted by Crippen LogP contribution is -2.40. The Morgan fingerprint density at radius 2 is 2.00 bits per heavy atom. The molecule has 1 fully saturated rings. The van der Waals surface area contributed by atoms with Crippen LogP contribution in [0, 0.1) is 0 Å². The molecule has 1 atom stereocenters. The van der Waals surface area contributed by atoms with E-state index in [1.807, 2.05) is 0 Å². The average molecular weight is 229 g/mol. The van der Waals surface area contributed by atoms with Crippen molar-refractivity contribution in [1.82, 2.24) is 10.2 Å². The van der Waals surface area contributed by atoms with Crippen molar-refractivity contribution in [1.29, 1.82) is 0 Å². The van der Waals surface area contributed by atoms with Gasteiger partial charge in [-0.1, -0.05) is 0 Å². The van der Waals surface area contributed by atoms with Gasteiger partial charge in [0.2, 0.25) is 11.8 Å². The second-order valence-corrected chi connectivity index (χ2v) is 4.02. The molecule has 1 aliphatic rings. The van der Waals surface area contributed by atoms with Crippen LogP contribution in [0.1, 0.15) is 19.3 Å². The molecule has 1 rings (SSSR count). The van der Waals surface area contributed by atoms with Crippen LogP contribution in [0.3, 0.4) is 0 Å². The molecule has 92 valence electrons. The van der Waals surface area contributed by atoms with E-state index >= 15 is 0 Å². The van der Waals surface area contributed by atoms with Crippen molar-refractivity contribution in [3.8, 4) is 0 Å². The van der Waals surface area contributed by atoms with Gasteiger partial charge in [-0.25, -0.2) is 0 Å². The molecule has 1 saturated heterocycles. The van der Waals surface area contributed by atoms with Gasteiger partial charge in [0, 0.05) is 13.0 Å². The Balaban J connectivity index is 2.08. The number of hydrogen-bond donors (Lipinski definition) is 3. The summed E-state index contributed by atoms with van der Waals surface area (Å²) in [6, 6.07) is 0. The van der Waals surface area contributed by atoms with Crippen LogP contribution in [0.5, 0.6) is 0 Å². The van der Waals surface area contributed by atoms with Gasteiger partial charge in [-0.2, -0.15) is 0 Å². The van der Waals surface area contributed by atoms with Gasteiger partial charge < -0.3 is 21.1 Å². The average Bonchev–Trinajstić information content (AvgIpc) is 2.75. The van der Waals surface area contributed by atoms with Crippen molar-refractivity contribution in [3.05, 3.63) is 0 Å². The molecule has 0 spiro atoms. The minimum Gasteiger partial charge on any atom is -0.381 e. The van der Waals surface area contributed by atoms with Crippen LogP contribution in [0.25, 0.3) is 0 Å². The van der Waals surface area contributed by atoms with Crippen LogP contribution >= 0.6 is 0 Å². The number of primary amides is 1. The van der Waals surface area contributed by atoms with Crippen LogP contribution in [0.2, 0.25) is 0 Å². The number of likely N-dealkylation sites (tertiary alicyclic amines) is 1. The molecule has 4 N–H and O–H groups in total. The van der Waals surface area contributed by atoms with Gasteiger partial charge in [0.15, 0.2) is 0 Å². The molecule has 16 heavy (non-hydrogen) atoms. The molecule has 6 heteroatoms. The van der Waals surface area contributed by atoms with E-state index < -0.39 is 12.0 Å². The lowest BCUT2D eigenvalue weighted by atomic mass is 10.3. The van der Waals surface area contributed by atoms with E-state index in [4.69, 9.17) is 10.8 Å². The number of aliphatic hydroxyl groups is 1. The van der Waals surface area contributed by atoms with Crippen LogP contribution in [0.4, 0.5) is 0 Å². The second kappa shape index (κ2) is 6.44. The fourth-order valence-corrected chi connectivity index (χ4v) is 1.67. The Morgan fingerprint density at radius 3 is 2.56 bits per heavy atom. The number of carbonyl (C=O) groups excluding carboxylic acids is 2. The number of aliphatic hydroxyl groups excluding tert-OH is 1. The SMILES string of the molecule is NC(=O)C(O)CNC(=O)CCN1CCCC1. The van der Waals surface area contributed by atoms with Gasteiger partial charge in [-0.15, -0.1) is 0 Å². The Morgan fingerprint density at radius 1 is 1.38 bits per heavy atom. The van der Waals surface area contributed by atoms with Crippen molar-refractivity contribution in [3.63, 3.8) is 0 Å². The zero-order valence-corrected chi connectivity index (χ0v) is 9.32. The molecule has 1 aliphatic heterocycles. The summed E-state index contributed by atoms with van der Waals surface area (Å²) in [7, 11) is 0. The normalized spacial score (nSPS) is 18.3. The Labute approximate surface area is 94.8 Å². The smallest absolute Gasteiger partial charge is 0.248 e. The van der Waals surface area contributed by atoms with Crippen molar-refractivity contribution in [2.45, 2.75) is 25.4 Å². The lowest BCUT2D eigenvalue weighted by molar-refractivity contribution is -0.127.